The lowest BCUT2D eigenvalue weighted by atomic mass is 9.98. The van der Waals surface area contributed by atoms with E-state index in [2.05, 4.69) is 41.4 Å². The maximum atomic E-state index is 12.1. The molecule has 4 rings (SSSR count). The van der Waals surface area contributed by atoms with Gasteiger partial charge in [0.05, 0.1) is 5.02 Å². The highest BCUT2D eigenvalue weighted by molar-refractivity contribution is 6.33. The van der Waals surface area contributed by atoms with Gasteiger partial charge < -0.3 is 10.1 Å². The maximum absolute atomic E-state index is 12.1. The molecular weight excluding hydrogens is 410 g/mol. The molecule has 5 heteroatoms. The molecule has 1 amide bonds. The van der Waals surface area contributed by atoms with Crippen LogP contribution in [0.3, 0.4) is 0 Å². The highest BCUT2D eigenvalue weighted by Gasteiger charge is 2.28. The molecule has 4 nitrogen and oxygen atoms in total. The quantitative estimate of drug-likeness (QED) is 0.334. The summed E-state index contributed by atoms with van der Waals surface area (Å²) in [5.41, 5.74) is 5.91. The SMILES string of the molecule is O=Cc1ccc(C#CCCNC(=O)OCC2c3ccccc3-c3ccccc32)cc1Cl. The predicted molar refractivity (Wildman–Crippen MR) is 121 cm³/mol. The minimum Gasteiger partial charge on any atom is -0.449 e. The standard InChI is InChI=1S/C26H20ClNO3/c27-25-15-18(12-13-19(25)16-29)7-5-6-14-28-26(30)31-17-24-22-10-3-1-8-20(22)21-9-2-4-11-23(21)24/h1-4,8-13,15-16,24H,6,14,17H2,(H,28,30). The van der Waals surface area contributed by atoms with E-state index in [-0.39, 0.29) is 12.5 Å². The van der Waals surface area contributed by atoms with E-state index in [0.29, 0.717) is 29.8 Å². The van der Waals surface area contributed by atoms with Crippen LogP contribution in [-0.2, 0) is 4.74 Å². The van der Waals surface area contributed by atoms with Gasteiger partial charge in [-0.3, -0.25) is 4.79 Å². The van der Waals surface area contributed by atoms with Crippen molar-refractivity contribution in [2.45, 2.75) is 12.3 Å². The first kappa shape index (κ1) is 20.7. The molecule has 1 aliphatic rings. The van der Waals surface area contributed by atoms with Gasteiger partial charge in [-0.2, -0.15) is 0 Å². The van der Waals surface area contributed by atoms with Crippen LogP contribution in [0.25, 0.3) is 11.1 Å². The summed E-state index contributed by atoms with van der Waals surface area (Å²) in [5.74, 6) is 5.98. The zero-order valence-electron chi connectivity index (χ0n) is 16.7. The Morgan fingerprint density at radius 1 is 1.03 bits per heavy atom. The fourth-order valence-corrected chi connectivity index (χ4v) is 3.97. The first-order valence-corrected chi connectivity index (χ1v) is 10.4. The summed E-state index contributed by atoms with van der Waals surface area (Å²) in [4.78, 5) is 22.9. The monoisotopic (exact) mass is 429 g/mol. The van der Waals surface area contributed by atoms with Crippen molar-refractivity contribution in [1.82, 2.24) is 5.32 Å². The summed E-state index contributed by atoms with van der Waals surface area (Å²) in [5, 5.41) is 3.11. The number of benzene rings is 3. The zero-order chi connectivity index (χ0) is 21.6. The minimum absolute atomic E-state index is 0.0389. The number of amides is 1. The summed E-state index contributed by atoms with van der Waals surface area (Å²) in [6.45, 7) is 0.664. The van der Waals surface area contributed by atoms with Gasteiger partial charge in [0.2, 0.25) is 0 Å². The summed E-state index contributed by atoms with van der Waals surface area (Å²) < 4.78 is 5.50. The first-order chi connectivity index (χ1) is 15.2. The number of fused-ring (bicyclic) bond motifs is 3. The van der Waals surface area contributed by atoms with Crippen LogP contribution in [0.5, 0.6) is 0 Å². The number of hydrogen-bond acceptors (Lipinski definition) is 3. The number of ether oxygens (including phenoxy) is 1. The molecule has 0 atom stereocenters. The van der Waals surface area contributed by atoms with Crippen LogP contribution in [0.4, 0.5) is 4.79 Å². The lowest BCUT2D eigenvalue weighted by Crippen LogP contribution is -2.26. The number of rotatable bonds is 5. The van der Waals surface area contributed by atoms with Crippen molar-refractivity contribution >= 4 is 24.0 Å². The van der Waals surface area contributed by atoms with Gasteiger partial charge in [0.1, 0.15) is 6.61 Å². The molecule has 1 N–H and O–H groups in total. The molecule has 0 heterocycles. The molecule has 31 heavy (non-hydrogen) atoms. The summed E-state index contributed by atoms with van der Waals surface area (Å²) >= 11 is 5.99. The normalized spacial score (nSPS) is 11.6. The van der Waals surface area contributed by atoms with Crippen LogP contribution >= 0.6 is 11.6 Å². The molecule has 0 bridgehead atoms. The number of carbonyl (C=O) groups is 2. The van der Waals surface area contributed by atoms with Crippen LogP contribution in [0.2, 0.25) is 5.02 Å². The number of aldehydes is 1. The molecule has 0 fully saturated rings. The predicted octanol–water partition coefficient (Wildman–Crippen LogP) is 5.43. The molecule has 0 radical (unpaired) electrons. The molecule has 0 unspecified atom stereocenters. The molecule has 1 aliphatic carbocycles. The van der Waals surface area contributed by atoms with E-state index in [1.54, 1.807) is 18.2 Å². The van der Waals surface area contributed by atoms with Crippen molar-refractivity contribution in [2.75, 3.05) is 13.2 Å². The van der Waals surface area contributed by atoms with Crippen molar-refractivity contribution in [3.8, 4) is 23.0 Å². The molecular formula is C26H20ClNO3. The largest absolute Gasteiger partial charge is 0.449 e. The Labute approximate surface area is 186 Å². The maximum Gasteiger partial charge on any atom is 0.407 e. The second-order valence-corrected chi connectivity index (χ2v) is 7.57. The van der Waals surface area contributed by atoms with E-state index in [9.17, 15) is 9.59 Å². The molecule has 0 aliphatic heterocycles. The highest BCUT2D eigenvalue weighted by Crippen LogP contribution is 2.44. The Bertz CT molecular complexity index is 1150. The van der Waals surface area contributed by atoms with E-state index in [4.69, 9.17) is 16.3 Å². The van der Waals surface area contributed by atoms with Crippen molar-refractivity contribution in [2.24, 2.45) is 0 Å². The molecule has 0 saturated heterocycles. The Kier molecular flexibility index (Phi) is 6.35. The van der Waals surface area contributed by atoms with Gasteiger partial charge in [0.15, 0.2) is 6.29 Å². The van der Waals surface area contributed by atoms with Gasteiger partial charge in [-0.05, 0) is 40.5 Å². The molecule has 3 aromatic carbocycles. The molecule has 0 saturated carbocycles. The Morgan fingerprint density at radius 3 is 2.35 bits per heavy atom. The van der Waals surface area contributed by atoms with Crippen LogP contribution in [-0.4, -0.2) is 25.5 Å². The summed E-state index contributed by atoms with van der Waals surface area (Å²) in [6, 6.07) is 21.5. The van der Waals surface area contributed by atoms with E-state index in [0.717, 1.165) is 5.56 Å². The second kappa shape index (κ2) is 9.51. The third-order valence-corrected chi connectivity index (χ3v) is 5.55. The number of hydrogen-bond donors (Lipinski definition) is 1. The van der Waals surface area contributed by atoms with E-state index >= 15 is 0 Å². The van der Waals surface area contributed by atoms with Crippen LogP contribution in [0, 0.1) is 11.8 Å². The van der Waals surface area contributed by atoms with E-state index < -0.39 is 6.09 Å². The van der Waals surface area contributed by atoms with Gasteiger partial charge in [-0.25, -0.2) is 4.79 Å². The number of halogens is 1. The minimum atomic E-state index is -0.456. The van der Waals surface area contributed by atoms with E-state index in [1.807, 2.05) is 24.3 Å². The topological polar surface area (TPSA) is 55.4 Å². The average molecular weight is 430 g/mol. The smallest absolute Gasteiger partial charge is 0.407 e. The highest BCUT2D eigenvalue weighted by atomic mass is 35.5. The Hall–Kier alpha value is -3.55. The van der Waals surface area contributed by atoms with Crippen LogP contribution < -0.4 is 5.32 Å². The van der Waals surface area contributed by atoms with E-state index in [1.165, 1.54) is 22.3 Å². The van der Waals surface area contributed by atoms with Crippen molar-refractivity contribution in [3.05, 3.63) is 94.0 Å². The molecule has 0 spiro atoms. The average Bonchev–Trinajstić information content (AvgIpc) is 3.11. The van der Waals surface area contributed by atoms with Gasteiger partial charge in [0, 0.05) is 30.0 Å². The molecule has 0 aromatic heterocycles. The van der Waals surface area contributed by atoms with Crippen LogP contribution in [0.1, 0.15) is 39.4 Å². The number of carbonyl (C=O) groups excluding carboxylic acids is 2. The number of alkyl carbamates (subject to hydrolysis) is 1. The lowest BCUT2D eigenvalue weighted by molar-refractivity contribution is 0.112. The lowest BCUT2D eigenvalue weighted by Gasteiger charge is -2.14. The Balaban J connectivity index is 1.28. The van der Waals surface area contributed by atoms with Gasteiger partial charge >= 0.3 is 6.09 Å². The van der Waals surface area contributed by atoms with Gasteiger partial charge in [-0.15, -0.1) is 0 Å². The third kappa shape index (κ3) is 4.63. The summed E-state index contributed by atoms with van der Waals surface area (Å²) in [6.07, 6.45) is 0.719. The first-order valence-electron chi connectivity index (χ1n) is 10.00. The molecule has 3 aromatic rings. The summed E-state index contributed by atoms with van der Waals surface area (Å²) in [7, 11) is 0. The zero-order valence-corrected chi connectivity index (χ0v) is 17.5. The fourth-order valence-electron chi connectivity index (χ4n) is 3.74. The third-order valence-electron chi connectivity index (χ3n) is 5.22. The van der Waals surface area contributed by atoms with Gasteiger partial charge in [-0.1, -0.05) is 72.0 Å². The number of nitrogens with one attached hydrogen (secondary N) is 1. The van der Waals surface area contributed by atoms with Crippen LogP contribution in [0.15, 0.2) is 66.7 Å². The van der Waals surface area contributed by atoms with Crippen molar-refractivity contribution in [1.29, 1.82) is 0 Å². The Morgan fingerprint density at radius 2 is 1.71 bits per heavy atom. The van der Waals surface area contributed by atoms with Crippen molar-refractivity contribution in [3.63, 3.8) is 0 Å². The fraction of sp³-hybridized carbons (Fsp3) is 0.154. The molecule has 154 valence electrons. The van der Waals surface area contributed by atoms with Crippen molar-refractivity contribution < 1.29 is 14.3 Å². The van der Waals surface area contributed by atoms with Gasteiger partial charge in [0.25, 0.3) is 0 Å². The second-order valence-electron chi connectivity index (χ2n) is 7.16.